The Morgan fingerprint density at radius 1 is 0.419 bits per heavy atom. The lowest BCUT2D eigenvalue weighted by Crippen LogP contribution is -2.44. The number of carboxylic acids is 1. The maximum absolute atomic E-state index is 12.8. The second-order valence-corrected chi connectivity index (χ2v) is 19.8. The molecule has 2 unspecified atom stereocenters. The molecule has 0 rings (SSSR count). The van der Waals surface area contributed by atoms with Crippen molar-refractivity contribution in [1.29, 1.82) is 0 Å². The number of carbonyl (C=O) groups is 3. The van der Waals surface area contributed by atoms with E-state index in [1.807, 2.05) is 21.1 Å². The first kappa shape index (κ1) is 69.4. The normalized spacial score (nSPS) is 13.8. The van der Waals surface area contributed by atoms with Gasteiger partial charge in [0, 0.05) is 12.8 Å². The molecule has 0 aliphatic carbocycles. The summed E-state index contributed by atoms with van der Waals surface area (Å²) in [5, 5.41) is 11.7. The van der Waals surface area contributed by atoms with E-state index in [0.29, 0.717) is 17.4 Å². The van der Waals surface area contributed by atoms with E-state index < -0.39 is 24.3 Å². The second-order valence-electron chi connectivity index (χ2n) is 19.8. The first-order valence-corrected chi connectivity index (χ1v) is 28.8. The van der Waals surface area contributed by atoms with Crippen LogP contribution < -0.4 is 5.11 Å². The van der Waals surface area contributed by atoms with Crippen molar-refractivity contribution in [3.05, 3.63) is 134 Å². The standard InChI is InChI=1S/C65H105NO8/c1-6-8-10-12-14-16-18-20-21-22-23-24-25-26-27-28-29-30-31-32-33-34-35-36-37-38-39-40-41-42-43-44-46-48-50-52-54-56-63(68)74-61(60-73-65(64(69)70)71-58-57-66(3,4)5)59-72-62(67)55-53-51-49-47-45-19-17-15-13-11-9-7-2/h8,10,14-17,20-21,23-24,26-27,29-30,32-33,35-36,38-39,41-42,61,65H,6-7,9,11-13,18-19,22,25,28,31,34,37,40,43-60H2,1-5H3/b10-8-,16-14-,17-15-,21-20-,24-23-,27-26-,30-29-,33-32-,36-35-,39-38-,42-41-. The largest absolute Gasteiger partial charge is 0.545 e. The van der Waals surface area contributed by atoms with Crippen LogP contribution in [0.3, 0.4) is 0 Å². The van der Waals surface area contributed by atoms with Crippen LogP contribution in [0.1, 0.15) is 200 Å². The Morgan fingerprint density at radius 2 is 0.770 bits per heavy atom. The average molecular weight is 1030 g/mol. The highest BCUT2D eigenvalue weighted by atomic mass is 16.7. The summed E-state index contributed by atoms with van der Waals surface area (Å²) >= 11 is 0. The monoisotopic (exact) mass is 1030 g/mol. The summed E-state index contributed by atoms with van der Waals surface area (Å²) in [6.07, 6.45) is 75.1. The maximum atomic E-state index is 12.8. The lowest BCUT2D eigenvalue weighted by atomic mass is 10.1. The molecule has 418 valence electrons. The first-order chi connectivity index (χ1) is 36.1. The lowest BCUT2D eigenvalue weighted by Gasteiger charge is -2.26. The topological polar surface area (TPSA) is 111 Å². The number of carboxylic acid groups (broad SMARTS) is 1. The molecule has 0 aromatic carbocycles. The van der Waals surface area contributed by atoms with E-state index in [1.54, 1.807) is 0 Å². The molecule has 9 nitrogen and oxygen atoms in total. The molecule has 0 aromatic heterocycles. The van der Waals surface area contributed by atoms with Crippen molar-refractivity contribution >= 4 is 17.9 Å². The predicted octanol–water partition coefficient (Wildman–Crippen LogP) is 15.7. The van der Waals surface area contributed by atoms with Gasteiger partial charge in [0.25, 0.3) is 0 Å². The van der Waals surface area contributed by atoms with Crippen LogP contribution in [0.5, 0.6) is 0 Å². The van der Waals surface area contributed by atoms with Gasteiger partial charge in [-0.05, 0) is 116 Å². The minimum absolute atomic E-state index is 0.136. The van der Waals surface area contributed by atoms with Crippen molar-refractivity contribution in [3.63, 3.8) is 0 Å². The highest BCUT2D eigenvalue weighted by Crippen LogP contribution is 2.13. The molecule has 2 atom stereocenters. The van der Waals surface area contributed by atoms with Crippen molar-refractivity contribution in [1.82, 2.24) is 0 Å². The molecule has 9 heteroatoms. The SMILES string of the molecule is CC/C=C\C/C=C\C/C=C\C/C=C\C/C=C\C/C=C\C/C=C\C/C=C\C/C=C\C/C=C\CCCCCCCCC(=O)OC(COC(=O)CCCCCCC/C=C\CCCCC)COC(OCC[N+](C)(C)C)C(=O)[O-]. The minimum atomic E-state index is -1.63. The number of likely N-dealkylation sites (N-methyl/N-ethyl adjacent to an activating group) is 1. The highest BCUT2D eigenvalue weighted by Gasteiger charge is 2.22. The molecule has 0 aromatic rings. The Kier molecular flexibility index (Phi) is 51.3. The number of unbranched alkanes of at least 4 members (excludes halogenated alkanes) is 14. The van der Waals surface area contributed by atoms with Crippen molar-refractivity contribution in [3.8, 4) is 0 Å². The summed E-state index contributed by atoms with van der Waals surface area (Å²) in [5.41, 5.74) is 0. The number of ether oxygens (including phenoxy) is 4. The molecule has 0 fully saturated rings. The molecule has 0 N–H and O–H groups in total. The van der Waals surface area contributed by atoms with E-state index in [1.165, 1.54) is 19.3 Å². The molecule has 0 heterocycles. The van der Waals surface area contributed by atoms with Gasteiger partial charge in [-0.1, -0.05) is 205 Å². The predicted molar refractivity (Wildman–Crippen MR) is 310 cm³/mol. The van der Waals surface area contributed by atoms with Crippen LogP contribution in [0, 0.1) is 0 Å². The molecule has 74 heavy (non-hydrogen) atoms. The molecule has 0 radical (unpaired) electrons. The van der Waals surface area contributed by atoms with E-state index in [2.05, 4.69) is 148 Å². The number of allylic oxidation sites excluding steroid dienone is 22. The number of carbonyl (C=O) groups excluding carboxylic acids is 3. The van der Waals surface area contributed by atoms with Gasteiger partial charge >= 0.3 is 11.9 Å². The van der Waals surface area contributed by atoms with Crippen LogP contribution in [0.4, 0.5) is 0 Å². The second kappa shape index (κ2) is 54.7. The number of esters is 2. The molecular formula is C65H105NO8. The minimum Gasteiger partial charge on any atom is -0.545 e. The van der Waals surface area contributed by atoms with Gasteiger partial charge < -0.3 is 33.3 Å². The van der Waals surface area contributed by atoms with Gasteiger partial charge in [-0.15, -0.1) is 0 Å². The van der Waals surface area contributed by atoms with Gasteiger partial charge in [-0.3, -0.25) is 9.59 Å². The molecule has 0 aliphatic heterocycles. The lowest BCUT2D eigenvalue weighted by molar-refractivity contribution is -0.870. The fourth-order valence-electron chi connectivity index (χ4n) is 7.20. The van der Waals surface area contributed by atoms with Gasteiger partial charge in [0.15, 0.2) is 12.4 Å². The van der Waals surface area contributed by atoms with Crippen LogP contribution in [-0.4, -0.2) is 82.3 Å². The molecule has 0 spiro atoms. The summed E-state index contributed by atoms with van der Waals surface area (Å²) in [5.74, 6) is -2.33. The van der Waals surface area contributed by atoms with E-state index in [4.69, 9.17) is 18.9 Å². The Labute approximate surface area is 452 Å². The van der Waals surface area contributed by atoms with Gasteiger partial charge in [0.2, 0.25) is 0 Å². The molecule has 0 amide bonds. The summed E-state index contributed by atoms with van der Waals surface area (Å²) in [4.78, 5) is 37.1. The third kappa shape index (κ3) is 55.2. The van der Waals surface area contributed by atoms with Crippen molar-refractivity contribution in [2.45, 2.75) is 212 Å². The van der Waals surface area contributed by atoms with Gasteiger partial charge in [-0.2, -0.15) is 0 Å². The quantitative estimate of drug-likeness (QED) is 0.0195. The summed E-state index contributed by atoms with van der Waals surface area (Å²) in [6, 6.07) is 0. The molecule has 0 aliphatic rings. The van der Waals surface area contributed by atoms with Gasteiger partial charge in [0.1, 0.15) is 13.2 Å². The number of aliphatic carboxylic acids is 1. The Morgan fingerprint density at radius 3 is 1.16 bits per heavy atom. The number of hydrogen-bond acceptors (Lipinski definition) is 8. The first-order valence-electron chi connectivity index (χ1n) is 28.8. The maximum Gasteiger partial charge on any atom is 0.306 e. The van der Waals surface area contributed by atoms with Crippen molar-refractivity contribution < 1.29 is 42.9 Å². The molecule has 0 bridgehead atoms. The smallest absolute Gasteiger partial charge is 0.306 e. The fraction of sp³-hybridized carbons (Fsp3) is 0.615. The summed E-state index contributed by atoms with van der Waals surface area (Å²) < 4.78 is 22.6. The van der Waals surface area contributed by atoms with Crippen molar-refractivity contribution in [2.75, 3.05) is 47.5 Å². The number of rotatable bonds is 51. The van der Waals surface area contributed by atoms with E-state index >= 15 is 0 Å². The molecular weight excluding hydrogens is 923 g/mol. The zero-order valence-electron chi connectivity index (χ0n) is 47.4. The Bertz CT molecular complexity index is 1670. The van der Waals surface area contributed by atoms with E-state index in [9.17, 15) is 19.5 Å². The molecule has 0 saturated heterocycles. The van der Waals surface area contributed by atoms with E-state index in [0.717, 1.165) is 148 Å². The third-order valence-electron chi connectivity index (χ3n) is 11.6. The van der Waals surface area contributed by atoms with Crippen LogP contribution in [0.15, 0.2) is 134 Å². The van der Waals surface area contributed by atoms with Crippen LogP contribution in [-0.2, 0) is 33.3 Å². The van der Waals surface area contributed by atoms with Gasteiger partial charge in [0.05, 0.1) is 40.3 Å². The zero-order valence-corrected chi connectivity index (χ0v) is 47.4. The Balaban J connectivity index is 4.23. The number of quaternary nitrogens is 1. The summed E-state index contributed by atoms with van der Waals surface area (Å²) in [7, 11) is 5.90. The number of nitrogens with zero attached hydrogens (tertiary/aromatic N) is 1. The average Bonchev–Trinajstić information content (AvgIpc) is 3.37. The van der Waals surface area contributed by atoms with Crippen molar-refractivity contribution in [2.24, 2.45) is 0 Å². The summed E-state index contributed by atoms with van der Waals surface area (Å²) in [6.45, 7) is 4.55. The van der Waals surface area contributed by atoms with Crippen LogP contribution >= 0.6 is 0 Å². The number of hydrogen-bond donors (Lipinski definition) is 0. The highest BCUT2D eigenvalue weighted by molar-refractivity contribution is 5.70. The third-order valence-corrected chi connectivity index (χ3v) is 11.6. The molecule has 0 saturated carbocycles. The fourth-order valence-corrected chi connectivity index (χ4v) is 7.20. The van der Waals surface area contributed by atoms with Crippen LogP contribution in [0.25, 0.3) is 0 Å². The van der Waals surface area contributed by atoms with Crippen LogP contribution in [0.2, 0.25) is 0 Å². The van der Waals surface area contributed by atoms with Gasteiger partial charge in [-0.25, -0.2) is 0 Å². The zero-order chi connectivity index (χ0) is 54.1. The van der Waals surface area contributed by atoms with E-state index in [-0.39, 0.29) is 38.6 Å². The Hall–Kier alpha value is -4.57.